The SMILES string of the molecule is CCC1CCC(Sc2nnnn2CCN)CC1. The molecule has 5 nitrogen and oxygen atoms in total. The number of nitrogens with two attached hydrogens (primary N) is 1. The largest absolute Gasteiger partial charge is 0.329 e. The Balaban J connectivity index is 1.86. The molecule has 2 N–H and O–H groups in total. The van der Waals surface area contributed by atoms with E-state index in [1.807, 2.05) is 16.4 Å². The lowest BCUT2D eigenvalue weighted by Gasteiger charge is -2.26. The van der Waals surface area contributed by atoms with E-state index in [1.165, 1.54) is 32.1 Å². The van der Waals surface area contributed by atoms with E-state index >= 15 is 0 Å². The number of thioether (sulfide) groups is 1. The molecular weight excluding hydrogens is 234 g/mol. The summed E-state index contributed by atoms with van der Waals surface area (Å²) < 4.78 is 1.82. The molecule has 1 heterocycles. The Morgan fingerprint density at radius 2 is 2.12 bits per heavy atom. The molecule has 2 rings (SSSR count). The van der Waals surface area contributed by atoms with Gasteiger partial charge in [0.15, 0.2) is 0 Å². The van der Waals surface area contributed by atoms with Gasteiger partial charge >= 0.3 is 0 Å². The van der Waals surface area contributed by atoms with E-state index in [1.54, 1.807) is 0 Å². The van der Waals surface area contributed by atoms with Crippen LogP contribution in [0.25, 0.3) is 0 Å². The van der Waals surface area contributed by atoms with E-state index in [0.717, 1.165) is 11.1 Å². The Hall–Kier alpha value is -0.620. The summed E-state index contributed by atoms with van der Waals surface area (Å²) in [6, 6.07) is 0. The van der Waals surface area contributed by atoms with Crippen LogP contribution in [0.5, 0.6) is 0 Å². The van der Waals surface area contributed by atoms with Gasteiger partial charge < -0.3 is 5.73 Å². The predicted octanol–water partition coefficient (Wildman–Crippen LogP) is 1.69. The van der Waals surface area contributed by atoms with E-state index in [4.69, 9.17) is 5.73 Å². The average Bonchev–Trinajstić information content (AvgIpc) is 2.78. The lowest BCUT2D eigenvalue weighted by Crippen LogP contribution is -2.17. The highest BCUT2D eigenvalue weighted by atomic mass is 32.2. The van der Waals surface area contributed by atoms with Crippen LogP contribution in [0.15, 0.2) is 5.16 Å². The van der Waals surface area contributed by atoms with E-state index in [0.29, 0.717) is 18.3 Å². The molecule has 1 aliphatic carbocycles. The first-order chi connectivity index (χ1) is 8.33. The fraction of sp³-hybridized carbons (Fsp3) is 0.909. The van der Waals surface area contributed by atoms with Crippen molar-refractivity contribution in [1.82, 2.24) is 20.2 Å². The third kappa shape index (κ3) is 3.42. The average molecular weight is 255 g/mol. The van der Waals surface area contributed by atoms with Crippen molar-refractivity contribution in [1.29, 1.82) is 0 Å². The van der Waals surface area contributed by atoms with Gasteiger partial charge in [0, 0.05) is 11.8 Å². The van der Waals surface area contributed by atoms with Crippen LogP contribution < -0.4 is 5.73 Å². The van der Waals surface area contributed by atoms with Gasteiger partial charge in [-0.2, -0.15) is 0 Å². The van der Waals surface area contributed by atoms with E-state index in [2.05, 4.69) is 22.4 Å². The molecular formula is C11H21N5S. The summed E-state index contributed by atoms with van der Waals surface area (Å²) in [6.45, 7) is 3.58. The van der Waals surface area contributed by atoms with E-state index in [-0.39, 0.29) is 0 Å². The van der Waals surface area contributed by atoms with Crippen molar-refractivity contribution < 1.29 is 0 Å². The first-order valence-electron chi connectivity index (χ1n) is 6.46. The minimum atomic E-state index is 0.584. The third-order valence-corrected chi connectivity index (χ3v) is 4.79. The molecule has 0 unspecified atom stereocenters. The monoisotopic (exact) mass is 255 g/mol. The lowest BCUT2D eigenvalue weighted by molar-refractivity contribution is 0.356. The van der Waals surface area contributed by atoms with Crippen LogP contribution in [0.4, 0.5) is 0 Å². The van der Waals surface area contributed by atoms with Crippen LogP contribution in [0.1, 0.15) is 39.0 Å². The predicted molar refractivity (Wildman–Crippen MR) is 68.8 cm³/mol. The summed E-state index contributed by atoms with van der Waals surface area (Å²) in [5, 5.41) is 13.4. The van der Waals surface area contributed by atoms with Crippen molar-refractivity contribution in [3.8, 4) is 0 Å². The standard InChI is InChI=1S/C11H21N5S/c1-2-9-3-5-10(6-4-9)17-11-13-14-15-16(11)8-7-12/h9-10H,2-8,12H2,1H3. The minimum absolute atomic E-state index is 0.584. The zero-order chi connectivity index (χ0) is 12.1. The lowest BCUT2D eigenvalue weighted by atomic mass is 9.87. The van der Waals surface area contributed by atoms with Gasteiger partial charge in [-0.05, 0) is 42.0 Å². The molecule has 6 heteroatoms. The van der Waals surface area contributed by atoms with Crippen LogP contribution in [0, 0.1) is 5.92 Å². The second-order valence-corrected chi connectivity index (χ2v) is 5.91. The summed E-state index contributed by atoms with van der Waals surface area (Å²) in [6.07, 6.45) is 6.61. The molecule has 1 fully saturated rings. The van der Waals surface area contributed by atoms with Crippen molar-refractivity contribution in [3.63, 3.8) is 0 Å². The van der Waals surface area contributed by atoms with Crippen LogP contribution >= 0.6 is 11.8 Å². The van der Waals surface area contributed by atoms with Gasteiger partial charge in [0.05, 0.1) is 6.54 Å². The molecule has 1 saturated carbocycles. The topological polar surface area (TPSA) is 69.6 Å². The van der Waals surface area contributed by atoms with E-state index in [9.17, 15) is 0 Å². The van der Waals surface area contributed by atoms with Crippen LogP contribution in [-0.4, -0.2) is 32.0 Å². The van der Waals surface area contributed by atoms with Crippen LogP contribution in [0.3, 0.4) is 0 Å². The molecule has 0 atom stereocenters. The fourth-order valence-corrected chi connectivity index (χ4v) is 3.49. The van der Waals surface area contributed by atoms with Crippen molar-refractivity contribution in [2.24, 2.45) is 11.7 Å². The second kappa shape index (κ2) is 6.35. The van der Waals surface area contributed by atoms with E-state index < -0.39 is 0 Å². The summed E-state index contributed by atoms with van der Waals surface area (Å²) >= 11 is 1.82. The number of hydrogen-bond donors (Lipinski definition) is 1. The highest BCUT2D eigenvalue weighted by Crippen LogP contribution is 2.35. The van der Waals surface area contributed by atoms with Gasteiger partial charge in [0.25, 0.3) is 0 Å². The first-order valence-corrected chi connectivity index (χ1v) is 7.34. The minimum Gasteiger partial charge on any atom is -0.329 e. The third-order valence-electron chi connectivity index (χ3n) is 3.48. The van der Waals surface area contributed by atoms with Crippen molar-refractivity contribution in [2.75, 3.05) is 6.54 Å². The molecule has 0 aliphatic heterocycles. The maximum atomic E-state index is 5.53. The number of rotatable bonds is 5. The van der Waals surface area contributed by atoms with Crippen molar-refractivity contribution in [3.05, 3.63) is 0 Å². The van der Waals surface area contributed by atoms with Gasteiger partial charge in [-0.3, -0.25) is 0 Å². The van der Waals surface area contributed by atoms with Gasteiger partial charge in [-0.25, -0.2) is 4.68 Å². The van der Waals surface area contributed by atoms with Gasteiger partial charge in [0.2, 0.25) is 5.16 Å². The smallest absolute Gasteiger partial charge is 0.209 e. The molecule has 0 aromatic carbocycles. The summed E-state index contributed by atoms with van der Waals surface area (Å²) in [4.78, 5) is 0. The summed E-state index contributed by atoms with van der Waals surface area (Å²) in [5.74, 6) is 0.937. The fourth-order valence-electron chi connectivity index (χ4n) is 2.35. The van der Waals surface area contributed by atoms with Crippen LogP contribution in [-0.2, 0) is 6.54 Å². The second-order valence-electron chi connectivity index (χ2n) is 4.64. The van der Waals surface area contributed by atoms with Crippen molar-refractivity contribution >= 4 is 11.8 Å². The molecule has 1 aromatic heterocycles. The maximum Gasteiger partial charge on any atom is 0.209 e. The quantitative estimate of drug-likeness (QED) is 0.867. The molecule has 0 amide bonds. The number of aromatic nitrogens is 4. The van der Waals surface area contributed by atoms with Gasteiger partial charge in [0.1, 0.15) is 0 Å². The number of tetrazole rings is 1. The molecule has 0 saturated heterocycles. The zero-order valence-corrected chi connectivity index (χ0v) is 11.2. The Labute approximate surface area is 107 Å². The Kier molecular flexibility index (Phi) is 4.79. The normalized spacial score (nSPS) is 25.1. The number of nitrogens with zero attached hydrogens (tertiary/aromatic N) is 4. The summed E-state index contributed by atoms with van der Waals surface area (Å²) in [5.41, 5.74) is 5.53. The van der Waals surface area contributed by atoms with Crippen LogP contribution in [0.2, 0.25) is 0 Å². The Morgan fingerprint density at radius 1 is 1.35 bits per heavy atom. The molecule has 17 heavy (non-hydrogen) atoms. The van der Waals surface area contributed by atoms with Gasteiger partial charge in [-0.15, -0.1) is 5.10 Å². The highest BCUT2D eigenvalue weighted by Gasteiger charge is 2.22. The molecule has 1 aromatic rings. The maximum absolute atomic E-state index is 5.53. The first kappa shape index (κ1) is 12.8. The molecule has 1 aliphatic rings. The molecule has 96 valence electrons. The zero-order valence-electron chi connectivity index (χ0n) is 10.4. The number of hydrogen-bond acceptors (Lipinski definition) is 5. The molecule has 0 bridgehead atoms. The highest BCUT2D eigenvalue weighted by molar-refractivity contribution is 7.99. The molecule has 0 spiro atoms. The molecule has 0 radical (unpaired) electrons. The summed E-state index contributed by atoms with van der Waals surface area (Å²) in [7, 11) is 0. The van der Waals surface area contributed by atoms with Gasteiger partial charge in [-0.1, -0.05) is 25.1 Å². The van der Waals surface area contributed by atoms with Crippen molar-refractivity contribution in [2.45, 2.75) is 56.0 Å². The Morgan fingerprint density at radius 3 is 2.76 bits per heavy atom. The Bertz CT molecular complexity index is 332.